The number of fused-ring (bicyclic) bond motifs is 4. The van der Waals surface area contributed by atoms with Crippen molar-refractivity contribution in [3.8, 4) is 0 Å². The Morgan fingerprint density at radius 1 is 0.522 bits per heavy atom. The van der Waals surface area contributed by atoms with Gasteiger partial charge in [-0.25, -0.2) is 0 Å². The van der Waals surface area contributed by atoms with Gasteiger partial charge in [0.1, 0.15) is 17.0 Å². The molecule has 0 aliphatic carbocycles. The van der Waals surface area contributed by atoms with Crippen LogP contribution in [0.25, 0.3) is 58.6 Å². The molecule has 620 valence electrons. The quantitative estimate of drug-likeness (QED) is 0.0128. The van der Waals surface area contributed by atoms with E-state index in [9.17, 15) is 37.5 Å². The van der Waals surface area contributed by atoms with Crippen molar-refractivity contribution in [2.45, 2.75) is 30.6 Å². The SMILES string of the molecule is C.COP(C)(=O)C(C(=O)N/C=C/c1cc(Cl)cc(Cl)c1)c1csc2ccc(Cl)cc12.COP(C)(=O)C(C(N)=O)c1csc2ccc(Cl)cc12.COP(C)(=O)Cc1csc2ccc(Cl)cc12.CP(=O)(O)C(C(=O)N/C=C/c1cc(Cl)cc(Cl)c1)c1csc2ccc(Cl)cc12.Clc1cc(Cl)cc(C=CBr)c1.SCI.[B].[CH3-].[I][V][I].[S]=[V][I]. The third-order valence-electron chi connectivity index (χ3n) is 14.9. The van der Waals surface area contributed by atoms with Crippen molar-refractivity contribution in [3.05, 3.63) is 263 Å². The number of carbonyl (C=O) groups is 3. The van der Waals surface area contributed by atoms with Gasteiger partial charge in [0.15, 0.2) is 0 Å². The third-order valence-corrected chi connectivity index (χ3v) is 28.9. The van der Waals surface area contributed by atoms with Gasteiger partial charge in [0.2, 0.25) is 47.2 Å². The van der Waals surface area contributed by atoms with Crippen LogP contribution in [0, 0.1) is 7.43 Å². The molecule has 7 atom stereocenters. The number of amides is 3. The van der Waals surface area contributed by atoms with E-state index in [0.29, 0.717) is 93.5 Å². The van der Waals surface area contributed by atoms with Crippen LogP contribution in [0.5, 0.6) is 0 Å². The van der Waals surface area contributed by atoms with Gasteiger partial charge in [0.25, 0.3) is 0 Å². The second kappa shape index (κ2) is 56.8. The molecular weight excluding hydrogens is 2470 g/mol. The molecule has 42 heteroatoms. The van der Waals surface area contributed by atoms with Crippen molar-refractivity contribution in [1.29, 1.82) is 0 Å². The molecule has 0 saturated carbocycles. The molecule has 3 amide bonds. The van der Waals surface area contributed by atoms with E-state index in [0.717, 1.165) is 55.4 Å². The first kappa shape index (κ1) is 114. The van der Waals surface area contributed by atoms with Crippen LogP contribution in [0.4, 0.5) is 0 Å². The second-order valence-corrected chi connectivity index (χ2v) is 61.6. The van der Waals surface area contributed by atoms with Gasteiger partial charge >= 0.3 is 90.9 Å². The van der Waals surface area contributed by atoms with Gasteiger partial charge in [0, 0.05) is 142 Å². The van der Waals surface area contributed by atoms with Crippen molar-refractivity contribution in [1.82, 2.24) is 10.6 Å². The fourth-order valence-electron chi connectivity index (χ4n) is 10.0. The van der Waals surface area contributed by atoms with Crippen molar-refractivity contribution in [2.75, 3.05) is 51.7 Å². The Hall–Kier alpha value is 0.874. The fourth-order valence-corrected chi connectivity index (χ4v) is 22.0. The van der Waals surface area contributed by atoms with Gasteiger partial charge in [-0.15, -0.1) is 45.3 Å². The Balaban J connectivity index is 0.000000716. The summed E-state index contributed by atoms with van der Waals surface area (Å²) in [6.45, 7) is 5.69. The Labute approximate surface area is 818 Å². The number of carbonyl (C=O) groups excluding carboxylic acids is 3. The average molecular weight is 2540 g/mol. The van der Waals surface area contributed by atoms with Crippen molar-refractivity contribution in [3.63, 3.8) is 0 Å². The zero-order valence-electron chi connectivity index (χ0n) is 60.6. The topological polar surface area (TPSA) is 217 Å². The number of nitrogens with two attached hydrogens (primary N) is 1. The van der Waals surface area contributed by atoms with Gasteiger partial charge < -0.3 is 42.3 Å². The van der Waals surface area contributed by atoms with E-state index in [-0.39, 0.29) is 34.4 Å². The number of rotatable bonds is 19. The van der Waals surface area contributed by atoms with Gasteiger partial charge in [-0.3, -0.25) is 32.6 Å². The number of halogens is 15. The predicted molar refractivity (Wildman–Crippen MR) is 544 cm³/mol. The summed E-state index contributed by atoms with van der Waals surface area (Å²) in [5.41, 5.74) is 7.41. The average Bonchev–Trinajstić information content (AvgIpc) is 1.73. The predicted octanol–water partition coefficient (Wildman–Crippen LogP) is 31.8. The number of thiophene rings is 4. The molecule has 4 heterocycles. The van der Waals surface area contributed by atoms with Crippen LogP contribution >= 0.6 is 312 Å². The first-order chi connectivity index (χ1) is 52.7. The van der Waals surface area contributed by atoms with E-state index >= 15 is 0 Å². The number of hydrogen-bond donors (Lipinski definition) is 5. The molecule has 0 saturated heterocycles. The summed E-state index contributed by atoms with van der Waals surface area (Å²) in [5.74, 6) is -1.69. The van der Waals surface area contributed by atoms with E-state index in [1.165, 1.54) is 87.7 Å². The maximum atomic E-state index is 13.1. The van der Waals surface area contributed by atoms with Crippen LogP contribution in [0.1, 0.15) is 63.3 Å². The number of thiol groups is 1. The van der Waals surface area contributed by atoms with Crippen LogP contribution in [-0.4, -0.2) is 82.8 Å². The summed E-state index contributed by atoms with van der Waals surface area (Å²) in [5, 5.41) is 21.5. The number of primary amides is 1. The molecule has 3 radical (unpaired) electrons. The standard InChI is InChI=1S/C20H17Cl3NO3PS.C19H15Cl3NO3PS.C12H13ClNO3PS.C11H12ClO2PS.C8H5BrCl2.CH3IS.CH4.CH3.B.3HI.S.2V/c1-27-28(2,26)19(17-11-29-18-4-3-13(21)10-16(17)18)20(25)24-6-5-12-7-14(22)9-15(23)8-12;1-27(25,26)18(16-10-28-17-3-2-12(20)9-15(16)17)19(24)23-5-4-11-6-13(21)8-14(22)7-11;1-17-18(2,16)11(12(14)15)9-6-19-10-4-3-7(13)5-8(9)10;1-14-15(2,13)6-8-7-16-11-4-3-9(12)5-10(8)11;9-2-1-6-3-7(10)5-8(11)4-6;2-1-3;;;;;;;;;/h3-11,19H,1-2H3,(H,24,25);2-10,18H,1H3,(H,23,24)(H,25,26);3-6,11H,1-2H3,(H2,14,15);3-5,7H,6H2,1-2H3;1-5H;3H,1H2;1H4;1H3;;3*1H;;;/q;;;;;;;-1;;;;;;+1;+2/p-3/b6-5+;5-4+;;;;;;;;;;;;;. The number of benzene rings is 7. The monoisotopic (exact) mass is 2530 g/mol. The Bertz CT molecular complexity index is 5310. The molecule has 5 N–H and O–H groups in total. The van der Waals surface area contributed by atoms with Gasteiger partial charge in [-0.05, 0) is 233 Å². The molecule has 0 spiro atoms. The second-order valence-electron chi connectivity index (χ2n) is 22.8. The normalized spacial score (nSPS) is 13.6. The van der Waals surface area contributed by atoms with E-state index < -0.39 is 64.2 Å². The molecule has 7 unspecified atom stereocenters. The summed E-state index contributed by atoms with van der Waals surface area (Å²) < 4.78 is 70.0. The first-order valence-electron chi connectivity index (χ1n) is 31.0. The summed E-state index contributed by atoms with van der Waals surface area (Å²) in [7, 11) is -3.52. The van der Waals surface area contributed by atoms with Crippen LogP contribution < -0.4 is 16.4 Å². The third kappa shape index (κ3) is 38.1. The summed E-state index contributed by atoms with van der Waals surface area (Å²) >= 11 is 81.7. The van der Waals surface area contributed by atoms with Gasteiger partial charge in [0.05, 0.1) is 6.16 Å². The van der Waals surface area contributed by atoms with Crippen molar-refractivity contribution in [2.24, 2.45) is 5.73 Å². The van der Waals surface area contributed by atoms with Crippen LogP contribution in [0.2, 0.25) is 50.2 Å². The van der Waals surface area contributed by atoms with Crippen LogP contribution in [0.3, 0.4) is 0 Å². The summed E-state index contributed by atoms with van der Waals surface area (Å²) in [6.07, 6.45) is 8.46. The minimum absolute atomic E-state index is 0. The number of hydrogen-bond acceptors (Lipinski definition) is 16. The number of alkyl halides is 1. The summed E-state index contributed by atoms with van der Waals surface area (Å²) in [6, 6.07) is 37.2. The Kier molecular flexibility index (Phi) is 56.3. The van der Waals surface area contributed by atoms with E-state index in [1.807, 2.05) is 65.4 Å². The van der Waals surface area contributed by atoms with Crippen LogP contribution in [-0.2, 0) is 73.0 Å². The first-order valence-corrected chi connectivity index (χ1v) is 65.6. The molecule has 14 nitrogen and oxygen atoms in total. The minimum atomic E-state index is -3.79. The number of nitrogens with one attached hydrogen (secondary N) is 2. The Morgan fingerprint density at radius 2 is 0.800 bits per heavy atom. The fraction of sp³-hybridized carbons (Fsp3) is 0.178. The van der Waals surface area contributed by atoms with Gasteiger partial charge in [-0.2, -0.15) is 12.6 Å². The molecule has 115 heavy (non-hydrogen) atoms. The molecule has 0 bridgehead atoms. The zero-order valence-corrected chi connectivity index (χ0v) is 89.7. The van der Waals surface area contributed by atoms with E-state index in [2.05, 4.69) is 132 Å². The molecule has 7 aromatic carbocycles. The van der Waals surface area contributed by atoms with Crippen molar-refractivity contribution < 1.29 is 71.8 Å². The molecule has 0 aliphatic rings. The molecule has 4 aromatic heterocycles. The molecule has 0 aliphatic heterocycles. The molecule has 0 fully saturated rings. The van der Waals surface area contributed by atoms with Crippen molar-refractivity contribution >= 4 is 397 Å². The van der Waals surface area contributed by atoms with Gasteiger partial charge in [-0.1, -0.05) is 162 Å². The maximum absolute atomic E-state index is 13.1. The summed E-state index contributed by atoms with van der Waals surface area (Å²) in [4.78, 5) is 49.4. The van der Waals surface area contributed by atoms with Crippen LogP contribution in [0.15, 0.2) is 166 Å². The van der Waals surface area contributed by atoms with E-state index in [1.54, 1.807) is 125 Å². The molecule has 11 aromatic rings. The Morgan fingerprint density at radius 3 is 1.10 bits per heavy atom. The molecular formula is C73H72BBrCl10I4N3O11P4S6V2-. The molecule has 11 rings (SSSR count). The zero-order chi connectivity index (χ0) is 84.0. The van der Waals surface area contributed by atoms with E-state index in [4.69, 9.17) is 135 Å².